The van der Waals surface area contributed by atoms with Gasteiger partial charge >= 0.3 is 5.97 Å². The van der Waals surface area contributed by atoms with Gasteiger partial charge in [-0.25, -0.2) is 0 Å². The van der Waals surface area contributed by atoms with Crippen LogP contribution in [0.2, 0.25) is 0 Å². The lowest BCUT2D eigenvalue weighted by Gasteiger charge is -2.15. The van der Waals surface area contributed by atoms with Crippen LogP contribution in [-0.2, 0) is 4.79 Å². The molecular formula is C8H18ClNO3. The predicted octanol–water partition coefficient (Wildman–Crippen LogP) is 0.476. The van der Waals surface area contributed by atoms with Crippen LogP contribution in [-0.4, -0.2) is 29.3 Å². The van der Waals surface area contributed by atoms with E-state index in [0.29, 0.717) is 13.0 Å². The van der Waals surface area contributed by atoms with Gasteiger partial charge in [-0.2, -0.15) is 0 Å². The third-order valence-corrected chi connectivity index (χ3v) is 1.84. The Bertz CT molecular complexity index is 143. The summed E-state index contributed by atoms with van der Waals surface area (Å²) in [4.78, 5) is 10.3. The average Bonchev–Trinajstić information content (AvgIpc) is 2.02. The number of carboxylic acids is 1. The molecule has 13 heavy (non-hydrogen) atoms. The van der Waals surface area contributed by atoms with Crippen LogP contribution in [0.1, 0.15) is 19.8 Å². The van der Waals surface area contributed by atoms with E-state index in [1.165, 1.54) is 0 Å². The molecule has 0 amide bonds. The topological polar surface area (TPSA) is 83.5 Å². The van der Waals surface area contributed by atoms with Crippen LogP contribution >= 0.6 is 12.4 Å². The zero-order valence-corrected chi connectivity index (χ0v) is 8.59. The van der Waals surface area contributed by atoms with Crippen LogP contribution in [0.15, 0.2) is 0 Å². The van der Waals surface area contributed by atoms with Crippen molar-refractivity contribution in [1.82, 2.24) is 0 Å². The van der Waals surface area contributed by atoms with Gasteiger partial charge in [0.1, 0.15) is 0 Å². The number of aliphatic hydroxyl groups excluding tert-OH is 1. The Morgan fingerprint density at radius 3 is 2.38 bits per heavy atom. The molecule has 0 bridgehead atoms. The van der Waals surface area contributed by atoms with Gasteiger partial charge in [0.25, 0.3) is 0 Å². The third kappa shape index (κ3) is 8.02. The number of carbonyl (C=O) groups is 1. The summed E-state index contributed by atoms with van der Waals surface area (Å²) in [6.45, 7) is 2.34. The summed E-state index contributed by atoms with van der Waals surface area (Å²) in [6, 6.07) is 0. The fourth-order valence-corrected chi connectivity index (χ4v) is 1.15. The van der Waals surface area contributed by atoms with E-state index in [2.05, 4.69) is 0 Å². The number of hydrogen-bond donors (Lipinski definition) is 3. The van der Waals surface area contributed by atoms with E-state index in [4.69, 9.17) is 15.9 Å². The summed E-state index contributed by atoms with van der Waals surface area (Å²) in [7, 11) is 0. The number of halogens is 1. The monoisotopic (exact) mass is 211 g/mol. The molecule has 0 spiro atoms. The molecule has 0 heterocycles. The molecule has 2 atom stereocenters. The van der Waals surface area contributed by atoms with Crippen LogP contribution in [0, 0.1) is 11.8 Å². The molecule has 0 aliphatic heterocycles. The standard InChI is InChI=1S/C8H17NO3.ClH/c1-6(5-10)2-7(4-9)3-8(11)12;/h6-7,10H,2-5,9H2,1H3,(H,11,12);1H. The first-order valence-corrected chi connectivity index (χ1v) is 4.12. The molecule has 0 radical (unpaired) electrons. The van der Waals surface area contributed by atoms with Gasteiger partial charge in [-0.3, -0.25) is 4.79 Å². The van der Waals surface area contributed by atoms with Crippen LogP contribution < -0.4 is 5.73 Å². The van der Waals surface area contributed by atoms with Crippen molar-refractivity contribution in [2.24, 2.45) is 17.6 Å². The van der Waals surface area contributed by atoms with Crippen molar-refractivity contribution < 1.29 is 15.0 Å². The van der Waals surface area contributed by atoms with Crippen LogP contribution in [0.3, 0.4) is 0 Å². The largest absolute Gasteiger partial charge is 0.481 e. The second kappa shape index (κ2) is 8.29. The molecule has 0 saturated heterocycles. The maximum absolute atomic E-state index is 10.3. The molecule has 0 aliphatic rings. The number of carboxylic acid groups (broad SMARTS) is 1. The van der Waals surface area contributed by atoms with Gasteiger partial charge < -0.3 is 15.9 Å². The van der Waals surface area contributed by atoms with Crippen molar-refractivity contribution in [3.05, 3.63) is 0 Å². The Balaban J connectivity index is 0. The molecule has 4 N–H and O–H groups in total. The van der Waals surface area contributed by atoms with Crippen molar-refractivity contribution in [3.63, 3.8) is 0 Å². The Morgan fingerprint density at radius 2 is 2.08 bits per heavy atom. The first kappa shape index (κ1) is 15.2. The molecular weight excluding hydrogens is 194 g/mol. The second-order valence-corrected chi connectivity index (χ2v) is 3.22. The molecule has 0 rings (SSSR count). The summed E-state index contributed by atoms with van der Waals surface area (Å²) in [6.07, 6.45) is 0.778. The second-order valence-electron chi connectivity index (χ2n) is 3.22. The third-order valence-electron chi connectivity index (χ3n) is 1.84. The highest BCUT2D eigenvalue weighted by Crippen LogP contribution is 2.13. The summed E-state index contributed by atoms with van der Waals surface area (Å²) in [5, 5.41) is 17.2. The summed E-state index contributed by atoms with van der Waals surface area (Å²) < 4.78 is 0. The van der Waals surface area contributed by atoms with E-state index in [0.717, 1.165) is 0 Å². The van der Waals surface area contributed by atoms with Gasteiger partial charge in [-0.05, 0) is 24.8 Å². The molecule has 2 unspecified atom stereocenters. The van der Waals surface area contributed by atoms with Gasteiger partial charge in [0, 0.05) is 13.0 Å². The van der Waals surface area contributed by atoms with E-state index < -0.39 is 5.97 Å². The minimum Gasteiger partial charge on any atom is -0.481 e. The van der Waals surface area contributed by atoms with Gasteiger partial charge in [0.15, 0.2) is 0 Å². The van der Waals surface area contributed by atoms with E-state index >= 15 is 0 Å². The molecule has 0 aromatic rings. The van der Waals surface area contributed by atoms with Crippen molar-refractivity contribution in [3.8, 4) is 0 Å². The van der Waals surface area contributed by atoms with Crippen molar-refractivity contribution in [1.29, 1.82) is 0 Å². The molecule has 80 valence electrons. The smallest absolute Gasteiger partial charge is 0.303 e. The molecule has 0 fully saturated rings. The molecule has 0 aromatic heterocycles. The number of rotatable bonds is 6. The summed E-state index contributed by atoms with van der Waals surface area (Å²) in [5.41, 5.74) is 5.38. The zero-order chi connectivity index (χ0) is 9.56. The van der Waals surface area contributed by atoms with E-state index in [1.807, 2.05) is 6.92 Å². The predicted molar refractivity (Wildman–Crippen MR) is 52.9 cm³/mol. The van der Waals surface area contributed by atoms with E-state index in [-0.39, 0.29) is 37.3 Å². The zero-order valence-electron chi connectivity index (χ0n) is 7.77. The van der Waals surface area contributed by atoms with Crippen molar-refractivity contribution in [2.75, 3.05) is 13.2 Å². The molecule has 0 saturated carbocycles. The maximum Gasteiger partial charge on any atom is 0.303 e. The quantitative estimate of drug-likeness (QED) is 0.597. The fraction of sp³-hybridized carbons (Fsp3) is 0.875. The molecule has 5 heteroatoms. The van der Waals surface area contributed by atoms with Gasteiger partial charge in [-0.1, -0.05) is 6.92 Å². The van der Waals surface area contributed by atoms with Gasteiger partial charge in [0.05, 0.1) is 0 Å². The lowest BCUT2D eigenvalue weighted by molar-refractivity contribution is -0.138. The fourth-order valence-electron chi connectivity index (χ4n) is 1.15. The maximum atomic E-state index is 10.3. The van der Waals surface area contributed by atoms with Crippen LogP contribution in [0.5, 0.6) is 0 Å². The Morgan fingerprint density at radius 1 is 1.54 bits per heavy atom. The minimum atomic E-state index is -0.824. The highest BCUT2D eigenvalue weighted by atomic mass is 35.5. The first-order chi connectivity index (χ1) is 5.60. The molecule has 4 nitrogen and oxygen atoms in total. The number of nitrogens with two attached hydrogens (primary N) is 1. The van der Waals surface area contributed by atoms with Crippen molar-refractivity contribution >= 4 is 18.4 Å². The normalized spacial score (nSPS) is 14.4. The van der Waals surface area contributed by atoms with Gasteiger partial charge in [0.2, 0.25) is 0 Å². The average molecular weight is 212 g/mol. The minimum absolute atomic E-state index is 0. The van der Waals surface area contributed by atoms with Crippen LogP contribution in [0.4, 0.5) is 0 Å². The first-order valence-electron chi connectivity index (χ1n) is 4.12. The highest BCUT2D eigenvalue weighted by molar-refractivity contribution is 5.85. The lowest BCUT2D eigenvalue weighted by Crippen LogP contribution is -2.21. The Labute approximate surface area is 84.5 Å². The Kier molecular flexibility index (Phi) is 9.67. The van der Waals surface area contributed by atoms with Gasteiger partial charge in [-0.15, -0.1) is 12.4 Å². The number of hydrogen-bond acceptors (Lipinski definition) is 3. The number of aliphatic carboxylic acids is 1. The molecule has 0 aromatic carbocycles. The molecule has 0 aliphatic carbocycles. The summed E-state index contributed by atoms with van der Waals surface area (Å²) >= 11 is 0. The number of aliphatic hydroxyl groups is 1. The highest BCUT2D eigenvalue weighted by Gasteiger charge is 2.14. The van der Waals surface area contributed by atoms with Crippen molar-refractivity contribution in [2.45, 2.75) is 19.8 Å². The van der Waals surface area contributed by atoms with E-state index in [1.54, 1.807) is 0 Å². The lowest BCUT2D eigenvalue weighted by atomic mass is 9.94. The van der Waals surface area contributed by atoms with Crippen LogP contribution in [0.25, 0.3) is 0 Å². The summed E-state index contributed by atoms with van der Waals surface area (Å²) in [5.74, 6) is -0.696. The van der Waals surface area contributed by atoms with E-state index in [9.17, 15) is 4.79 Å². The SMILES string of the molecule is CC(CO)CC(CN)CC(=O)O.Cl. The Hall–Kier alpha value is -0.320.